The number of halogens is 1. The molecule has 2 rings (SSSR count). The molecule has 1 saturated heterocycles. The van der Waals surface area contributed by atoms with Crippen LogP contribution in [0.15, 0.2) is 6.07 Å². The van der Waals surface area contributed by atoms with Crippen LogP contribution in [-0.4, -0.2) is 40.1 Å². The van der Waals surface area contributed by atoms with Gasteiger partial charge in [0, 0.05) is 30.0 Å². The van der Waals surface area contributed by atoms with E-state index in [-0.39, 0.29) is 17.6 Å². The Labute approximate surface area is 124 Å². The Hall–Kier alpha value is -1.29. The van der Waals surface area contributed by atoms with Gasteiger partial charge in [-0.25, -0.2) is 0 Å². The predicted octanol–water partition coefficient (Wildman–Crippen LogP) is 2.54. The van der Waals surface area contributed by atoms with E-state index >= 15 is 0 Å². The van der Waals surface area contributed by atoms with Crippen LogP contribution in [0.25, 0.3) is 0 Å². The molecule has 0 saturated carbocycles. The van der Waals surface area contributed by atoms with Crippen molar-refractivity contribution in [2.45, 2.75) is 39.7 Å². The molecule has 5 heteroatoms. The lowest BCUT2D eigenvalue weighted by atomic mass is 10.1. The third kappa shape index (κ3) is 3.06. The lowest BCUT2D eigenvalue weighted by molar-refractivity contribution is -0.132. The van der Waals surface area contributed by atoms with Crippen LogP contribution in [0.3, 0.4) is 0 Å². The second-order valence-electron chi connectivity index (χ2n) is 5.37. The van der Waals surface area contributed by atoms with Crippen LogP contribution in [0.5, 0.6) is 0 Å². The van der Waals surface area contributed by atoms with Gasteiger partial charge in [-0.2, -0.15) is 0 Å². The molecular formula is C15H21ClN2O2. The van der Waals surface area contributed by atoms with Gasteiger partial charge in [0.05, 0.1) is 5.88 Å². The largest absolute Gasteiger partial charge is 0.341 e. The third-order valence-corrected chi connectivity index (χ3v) is 4.24. The number of aryl methyl sites for hydroxylation is 1. The first-order chi connectivity index (χ1) is 9.54. The summed E-state index contributed by atoms with van der Waals surface area (Å²) in [6.45, 7) is 5.81. The van der Waals surface area contributed by atoms with Crippen molar-refractivity contribution in [2.75, 3.05) is 19.0 Å². The number of hydrogen-bond donors (Lipinski definition) is 0. The van der Waals surface area contributed by atoms with Crippen molar-refractivity contribution in [3.8, 4) is 0 Å². The van der Waals surface area contributed by atoms with Gasteiger partial charge in [-0.3, -0.25) is 9.59 Å². The lowest BCUT2D eigenvalue weighted by Gasteiger charge is -2.27. The molecule has 1 fully saturated rings. The number of nitrogens with zero attached hydrogens (tertiary/aromatic N) is 2. The molecule has 0 spiro atoms. The van der Waals surface area contributed by atoms with Crippen molar-refractivity contribution in [3.63, 3.8) is 0 Å². The average Bonchev–Trinajstić information content (AvgIpc) is 2.75. The number of carbonyl (C=O) groups excluding carboxylic acids is 2. The van der Waals surface area contributed by atoms with E-state index in [0.29, 0.717) is 12.1 Å². The molecule has 2 heterocycles. The van der Waals surface area contributed by atoms with Gasteiger partial charge in [0.15, 0.2) is 5.78 Å². The Kier molecular flexibility index (Phi) is 4.86. The van der Waals surface area contributed by atoms with Crippen LogP contribution in [-0.2, 0) is 11.3 Å². The molecule has 1 amide bonds. The van der Waals surface area contributed by atoms with E-state index < -0.39 is 0 Å². The smallest absolute Gasteiger partial charge is 0.242 e. The van der Waals surface area contributed by atoms with Crippen molar-refractivity contribution in [1.29, 1.82) is 0 Å². The van der Waals surface area contributed by atoms with Crippen molar-refractivity contribution in [3.05, 3.63) is 23.0 Å². The number of rotatable bonds is 4. The Morgan fingerprint density at radius 1 is 1.20 bits per heavy atom. The van der Waals surface area contributed by atoms with E-state index in [2.05, 4.69) is 0 Å². The average molecular weight is 297 g/mol. The molecule has 4 nitrogen and oxygen atoms in total. The fourth-order valence-electron chi connectivity index (χ4n) is 2.78. The van der Waals surface area contributed by atoms with Crippen molar-refractivity contribution < 1.29 is 9.59 Å². The molecule has 1 aromatic rings. The highest BCUT2D eigenvalue weighted by Gasteiger charge is 2.20. The summed E-state index contributed by atoms with van der Waals surface area (Å²) in [6, 6.07) is 1.82. The highest BCUT2D eigenvalue weighted by molar-refractivity contribution is 6.30. The molecule has 0 aliphatic carbocycles. The summed E-state index contributed by atoms with van der Waals surface area (Å²) in [4.78, 5) is 26.0. The normalized spacial score (nSPS) is 15.4. The maximum Gasteiger partial charge on any atom is 0.242 e. The Morgan fingerprint density at radius 2 is 1.85 bits per heavy atom. The fraction of sp³-hybridized carbons (Fsp3) is 0.600. The monoisotopic (exact) mass is 296 g/mol. The molecular weight excluding hydrogens is 276 g/mol. The number of alkyl halides is 1. The number of amides is 1. The maximum absolute atomic E-state index is 12.3. The first-order valence-electron chi connectivity index (χ1n) is 7.08. The number of likely N-dealkylation sites (tertiary alicyclic amines) is 1. The standard InChI is InChI=1S/C15H21ClN2O2/c1-11-8-13(14(19)9-16)12(2)18(11)10-15(20)17-6-4-3-5-7-17/h8H,3-7,9-10H2,1-2H3. The summed E-state index contributed by atoms with van der Waals surface area (Å²) < 4.78 is 1.91. The number of ketones is 1. The summed E-state index contributed by atoms with van der Waals surface area (Å²) in [5.41, 5.74) is 2.39. The Morgan fingerprint density at radius 3 is 2.45 bits per heavy atom. The quantitative estimate of drug-likeness (QED) is 0.633. The molecule has 0 radical (unpaired) electrons. The maximum atomic E-state index is 12.3. The minimum Gasteiger partial charge on any atom is -0.341 e. The van der Waals surface area contributed by atoms with E-state index in [1.807, 2.05) is 29.4 Å². The van der Waals surface area contributed by atoms with Crippen molar-refractivity contribution in [1.82, 2.24) is 9.47 Å². The first-order valence-corrected chi connectivity index (χ1v) is 7.61. The zero-order valence-electron chi connectivity index (χ0n) is 12.1. The predicted molar refractivity (Wildman–Crippen MR) is 79.4 cm³/mol. The Balaban J connectivity index is 2.14. The summed E-state index contributed by atoms with van der Waals surface area (Å²) in [5, 5.41) is 0. The molecule has 0 atom stereocenters. The van der Waals surface area contributed by atoms with Gasteiger partial charge in [-0.05, 0) is 39.2 Å². The number of hydrogen-bond acceptors (Lipinski definition) is 2. The molecule has 0 N–H and O–H groups in total. The summed E-state index contributed by atoms with van der Waals surface area (Å²) >= 11 is 5.61. The van der Waals surface area contributed by atoms with E-state index in [4.69, 9.17) is 11.6 Å². The SMILES string of the molecule is Cc1cc(C(=O)CCl)c(C)n1CC(=O)N1CCCCC1. The molecule has 1 aliphatic heterocycles. The van der Waals surface area contributed by atoms with Crippen LogP contribution in [0.4, 0.5) is 0 Å². The molecule has 1 aliphatic rings. The van der Waals surface area contributed by atoms with Crippen LogP contribution in [0, 0.1) is 13.8 Å². The minimum atomic E-state index is -0.0866. The summed E-state index contributed by atoms with van der Waals surface area (Å²) in [7, 11) is 0. The first kappa shape index (κ1) is 15.1. The molecule has 0 aromatic carbocycles. The molecule has 1 aromatic heterocycles. The Bertz CT molecular complexity index is 516. The van der Waals surface area contributed by atoms with Gasteiger partial charge < -0.3 is 9.47 Å². The van der Waals surface area contributed by atoms with E-state index in [1.165, 1.54) is 6.42 Å². The zero-order valence-corrected chi connectivity index (χ0v) is 12.9. The van der Waals surface area contributed by atoms with Gasteiger partial charge >= 0.3 is 0 Å². The minimum absolute atomic E-state index is 0.0234. The highest BCUT2D eigenvalue weighted by atomic mass is 35.5. The van der Waals surface area contributed by atoms with Crippen LogP contribution >= 0.6 is 11.6 Å². The molecule has 0 bridgehead atoms. The molecule has 20 heavy (non-hydrogen) atoms. The van der Waals surface area contributed by atoms with Gasteiger partial charge in [0.25, 0.3) is 0 Å². The second-order valence-corrected chi connectivity index (χ2v) is 5.64. The summed E-state index contributed by atoms with van der Waals surface area (Å²) in [5.74, 6) is 0.0255. The number of carbonyl (C=O) groups is 2. The highest BCUT2D eigenvalue weighted by Crippen LogP contribution is 2.17. The van der Waals surface area contributed by atoms with Gasteiger partial charge in [-0.1, -0.05) is 0 Å². The van der Waals surface area contributed by atoms with E-state index in [0.717, 1.165) is 37.3 Å². The van der Waals surface area contributed by atoms with E-state index in [9.17, 15) is 9.59 Å². The van der Waals surface area contributed by atoms with Crippen LogP contribution in [0.1, 0.15) is 41.0 Å². The van der Waals surface area contributed by atoms with Gasteiger partial charge in [0.1, 0.15) is 6.54 Å². The second kappa shape index (κ2) is 6.44. The van der Waals surface area contributed by atoms with Crippen molar-refractivity contribution in [2.24, 2.45) is 0 Å². The fourth-order valence-corrected chi connectivity index (χ4v) is 2.92. The number of Topliss-reactive ketones (excluding diaryl/α,β-unsaturated/α-hetero) is 1. The van der Waals surface area contributed by atoms with Gasteiger partial charge in [-0.15, -0.1) is 11.6 Å². The summed E-state index contributed by atoms with van der Waals surface area (Å²) in [6.07, 6.45) is 3.39. The lowest BCUT2D eigenvalue weighted by Crippen LogP contribution is -2.38. The number of piperidine rings is 1. The molecule has 110 valence electrons. The zero-order chi connectivity index (χ0) is 14.7. The van der Waals surface area contributed by atoms with Crippen molar-refractivity contribution >= 4 is 23.3 Å². The third-order valence-electron chi connectivity index (χ3n) is 4.00. The van der Waals surface area contributed by atoms with Gasteiger partial charge in [0.2, 0.25) is 5.91 Å². The van der Waals surface area contributed by atoms with Crippen LogP contribution < -0.4 is 0 Å². The topological polar surface area (TPSA) is 42.3 Å². The van der Waals surface area contributed by atoms with E-state index in [1.54, 1.807) is 0 Å². The van der Waals surface area contributed by atoms with Crippen LogP contribution in [0.2, 0.25) is 0 Å². The number of aromatic nitrogens is 1. The molecule has 0 unspecified atom stereocenters.